The van der Waals surface area contributed by atoms with E-state index in [1.54, 1.807) is 0 Å². The van der Waals surface area contributed by atoms with Gasteiger partial charge < -0.3 is 13.2 Å². The summed E-state index contributed by atoms with van der Waals surface area (Å²) in [5.41, 5.74) is 2.11. The number of unbranched alkanes of at least 4 members (excludes halogenated alkanes) is 2. The van der Waals surface area contributed by atoms with Gasteiger partial charge in [-0.15, -0.1) is 0 Å². The van der Waals surface area contributed by atoms with Gasteiger partial charge in [0.2, 0.25) is 0 Å². The maximum atomic E-state index is 5.40. The summed E-state index contributed by atoms with van der Waals surface area (Å²) in [6, 6.07) is 0. The zero-order valence-corrected chi connectivity index (χ0v) is 12.6. The minimum Gasteiger partial charge on any atom is -0.515 e. The molecule has 0 unspecified atom stereocenters. The molecular weight excluding hydrogens is 239 g/mol. The van der Waals surface area contributed by atoms with E-state index in [2.05, 4.69) is 13.8 Å². The molecule has 0 saturated carbocycles. The summed E-state index contributed by atoms with van der Waals surface area (Å²) < 4.78 is 0. The van der Waals surface area contributed by atoms with Crippen LogP contribution in [0.3, 0.4) is 0 Å². The summed E-state index contributed by atoms with van der Waals surface area (Å²) in [7, 11) is 0. The summed E-state index contributed by atoms with van der Waals surface area (Å²) in [5.74, 6) is 0. The van der Waals surface area contributed by atoms with E-state index in [0.29, 0.717) is 0 Å². The van der Waals surface area contributed by atoms with Crippen LogP contribution in [0.5, 0.6) is 0 Å². The van der Waals surface area contributed by atoms with Crippen molar-refractivity contribution in [2.45, 2.75) is 66.2 Å². The van der Waals surface area contributed by atoms with Crippen LogP contribution in [-0.2, 0) is 17.1 Å². The molecule has 0 rings (SSSR count). The van der Waals surface area contributed by atoms with E-state index in [1.807, 2.05) is 13.8 Å². The molecule has 0 atom stereocenters. The number of allylic oxidation sites excluding steroid dienone is 2. The predicted molar refractivity (Wildman–Crippen MR) is 66.0 cm³/mol. The van der Waals surface area contributed by atoms with Gasteiger partial charge in [0, 0.05) is 0 Å². The Balaban J connectivity index is -0.0000000800. The van der Waals surface area contributed by atoms with Gasteiger partial charge in [0.25, 0.3) is 0 Å². The number of rotatable bonds is 6. The average Bonchev–Trinajstić information content (AvgIpc) is 2.12. The van der Waals surface area contributed by atoms with Crippen LogP contribution < -0.4 is 18.9 Å². The van der Waals surface area contributed by atoms with E-state index in [1.165, 1.54) is 25.7 Å². The van der Waals surface area contributed by atoms with Crippen molar-refractivity contribution in [2.75, 3.05) is 0 Å². The van der Waals surface area contributed by atoms with Crippen LogP contribution in [0.4, 0.5) is 0 Å². The third-order valence-corrected chi connectivity index (χ3v) is 1.85. The third-order valence-electron chi connectivity index (χ3n) is 1.85. The molecule has 2 heteroatoms. The molecule has 0 aliphatic rings. The largest absolute Gasteiger partial charge is 1.00 e. The Labute approximate surface area is 126 Å². The minimum absolute atomic E-state index is 0. The molecule has 0 aromatic rings. The molecule has 0 aromatic heterocycles. The van der Waals surface area contributed by atoms with Crippen molar-refractivity contribution in [3.63, 3.8) is 0 Å². The Morgan fingerprint density at radius 1 is 0.812 bits per heavy atom. The molecule has 16 heavy (non-hydrogen) atoms. The Morgan fingerprint density at radius 3 is 1.12 bits per heavy atom. The van der Waals surface area contributed by atoms with E-state index in [0.717, 1.165) is 24.0 Å². The van der Waals surface area contributed by atoms with Crippen LogP contribution in [-0.4, -0.2) is 0 Å². The Bertz CT molecular complexity index is 135. The van der Waals surface area contributed by atoms with Crippen LogP contribution in [0.1, 0.15) is 66.2 Å². The first-order valence-electron chi connectivity index (χ1n) is 5.70. The third kappa shape index (κ3) is 36.5. The first-order chi connectivity index (χ1) is 6.54. The predicted octanol–water partition coefficient (Wildman–Crippen LogP) is 2.11. The second kappa shape index (κ2) is 20.9. The van der Waals surface area contributed by atoms with Crippen molar-refractivity contribution in [1.29, 1.82) is 0 Å². The van der Waals surface area contributed by atoms with Gasteiger partial charge in [-0.05, 0) is 0 Å². The van der Waals surface area contributed by atoms with Crippen LogP contribution in [0.2, 0.25) is 0 Å². The molecule has 0 heterocycles. The van der Waals surface area contributed by atoms with Crippen molar-refractivity contribution in [2.24, 2.45) is 0 Å². The molecule has 0 aromatic carbocycles. The van der Waals surface area contributed by atoms with Crippen LogP contribution in [0.15, 0.2) is 11.1 Å². The number of hydrogen-bond donors (Lipinski definition) is 0. The van der Waals surface area contributed by atoms with E-state index in [-0.39, 0.29) is 35.9 Å². The second-order valence-corrected chi connectivity index (χ2v) is 3.90. The summed E-state index contributed by atoms with van der Waals surface area (Å²) in [4.78, 5) is 0. The topological polar surface area (TPSA) is 0 Å². The van der Waals surface area contributed by atoms with Crippen molar-refractivity contribution in [1.82, 2.24) is 0 Å². The van der Waals surface area contributed by atoms with Crippen LogP contribution in [0, 0.1) is 13.2 Å². The van der Waals surface area contributed by atoms with E-state index in [4.69, 9.17) is 13.2 Å². The quantitative estimate of drug-likeness (QED) is 0.509. The molecule has 0 aliphatic carbocycles. The first-order valence-corrected chi connectivity index (χ1v) is 5.70. The molecular formula is C14H26CuLi. The normalized spacial score (nSPS) is 7.75. The fourth-order valence-corrected chi connectivity index (χ4v) is 0.911. The summed E-state index contributed by atoms with van der Waals surface area (Å²) in [5, 5.41) is 0. The van der Waals surface area contributed by atoms with E-state index < -0.39 is 0 Å². The van der Waals surface area contributed by atoms with Crippen LogP contribution >= 0.6 is 0 Å². The van der Waals surface area contributed by atoms with Gasteiger partial charge in [-0.2, -0.15) is 0 Å². The minimum atomic E-state index is 0. The molecule has 0 aliphatic heterocycles. The van der Waals surface area contributed by atoms with Gasteiger partial charge in [0.15, 0.2) is 0 Å². The van der Waals surface area contributed by atoms with Crippen molar-refractivity contribution in [3.8, 4) is 0 Å². The zero-order valence-electron chi connectivity index (χ0n) is 11.7. The second-order valence-electron chi connectivity index (χ2n) is 3.90. The Hall–Kier alpha value is 0.597. The zero-order chi connectivity index (χ0) is 11.4. The Kier molecular flexibility index (Phi) is 33.3. The van der Waals surface area contributed by atoms with Crippen molar-refractivity contribution < 1.29 is 35.9 Å². The average molecular weight is 265 g/mol. The van der Waals surface area contributed by atoms with Crippen LogP contribution in [0.25, 0.3) is 0 Å². The summed E-state index contributed by atoms with van der Waals surface area (Å²) >= 11 is 0. The van der Waals surface area contributed by atoms with Crippen molar-refractivity contribution in [3.05, 3.63) is 24.3 Å². The van der Waals surface area contributed by atoms with E-state index >= 15 is 0 Å². The summed E-state index contributed by atoms with van der Waals surface area (Å²) in [6.07, 6.45) is 7.15. The Morgan fingerprint density at radius 2 is 1.06 bits per heavy atom. The van der Waals surface area contributed by atoms with Crippen molar-refractivity contribution >= 4 is 0 Å². The summed E-state index contributed by atoms with van der Waals surface area (Å²) in [6.45, 7) is 19.1. The molecule has 0 radical (unpaired) electrons. The molecule has 94 valence electrons. The molecule has 0 amide bonds. The van der Waals surface area contributed by atoms with Gasteiger partial charge in [-0.25, -0.2) is 0 Å². The maximum absolute atomic E-state index is 5.40. The van der Waals surface area contributed by atoms with Gasteiger partial charge in [0.05, 0.1) is 0 Å². The van der Waals surface area contributed by atoms with Gasteiger partial charge in [-0.3, -0.25) is 11.1 Å². The maximum Gasteiger partial charge on any atom is 1.00 e. The SMILES string of the molecule is [CH-]=C(C)CCCC.[CH-]=C(C)CCCC.[Cu+].[Li+]. The number of hydrogen-bond acceptors (Lipinski definition) is 0. The van der Waals surface area contributed by atoms with E-state index in [9.17, 15) is 0 Å². The molecule has 0 N–H and O–H groups in total. The smallest absolute Gasteiger partial charge is 0.515 e. The van der Waals surface area contributed by atoms with Gasteiger partial charge in [0.1, 0.15) is 0 Å². The standard InChI is InChI=1S/2C7H13.Cu.Li/c2*1-4-5-6-7(2)3;;/h2*2H,4-6H2,1,3H3;;/q2*-1;2*+1. The molecule has 0 bridgehead atoms. The molecule has 0 spiro atoms. The monoisotopic (exact) mass is 264 g/mol. The first kappa shape index (κ1) is 25.4. The van der Waals surface area contributed by atoms with Gasteiger partial charge in [-0.1, -0.05) is 66.2 Å². The fourth-order valence-electron chi connectivity index (χ4n) is 0.911. The molecule has 0 nitrogen and oxygen atoms in total. The fraction of sp³-hybridized carbons (Fsp3) is 0.714. The van der Waals surface area contributed by atoms with Gasteiger partial charge >= 0.3 is 35.9 Å². The molecule has 0 fully saturated rings. The molecule has 0 saturated heterocycles.